The third-order valence-corrected chi connectivity index (χ3v) is 7.46. The van der Waals surface area contributed by atoms with Crippen LogP contribution in [0.1, 0.15) is 78.1 Å². The van der Waals surface area contributed by atoms with Gasteiger partial charge in [0, 0.05) is 6.42 Å². The number of carbonyl (C=O) groups is 1. The molecule has 3 aliphatic carbocycles. The van der Waals surface area contributed by atoms with E-state index in [4.69, 9.17) is 5.11 Å². The minimum absolute atomic E-state index is 0.0248. The first-order valence-corrected chi connectivity index (χ1v) is 10.6. The van der Waals surface area contributed by atoms with Gasteiger partial charge in [0.25, 0.3) is 0 Å². The number of aliphatic hydroxyl groups excluding tert-OH is 2. The molecule has 3 fully saturated rings. The third kappa shape index (κ3) is 4.25. The van der Waals surface area contributed by atoms with Crippen molar-refractivity contribution in [3.63, 3.8) is 0 Å². The van der Waals surface area contributed by atoms with Gasteiger partial charge in [0.05, 0.1) is 12.0 Å². The van der Waals surface area contributed by atoms with Crippen LogP contribution in [0.4, 0.5) is 0 Å². The second-order valence-electron chi connectivity index (χ2n) is 9.14. The average molecular weight is 375 g/mol. The van der Waals surface area contributed by atoms with Crippen molar-refractivity contribution >= 4 is 5.97 Å². The SMILES string of the molecule is CC(CCC(=O)O)=C1C[C@H]2[C@H](C#CC(O)C3CCCCC3)[C@@H](O)CC[C@@]12C. The highest BCUT2D eigenvalue weighted by atomic mass is 16.4. The van der Waals surface area contributed by atoms with Crippen molar-refractivity contribution in [2.24, 2.45) is 23.2 Å². The summed E-state index contributed by atoms with van der Waals surface area (Å²) < 4.78 is 0. The van der Waals surface area contributed by atoms with Crippen molar-refractivity contribution < 1.29 is 20.1 Å². The maximum atomic E-state index is 10.9. The van der Waals surface area contributed by atoms with Crippen molar-refractivity contribution in [2.45, 2.75) is 90.3 Å². The van der Waals surface area contributed by atoms with Crippen molar-refractivity contribution in [3.05, 3.63) is 11.1 Å². The van der Waals surface area contributed by atoms with E-state index in [9.17, 15) is 15.0 Å². The number of rotatable bonds is 4. The van der Waals surface area contributed by atoms with Gasteiger partial charge in [-0.3, -0.25) is 4.79 Å². The number of carboxylic acids is 1. The van der Waals surface area contributed by atoms with Crippen LogP contribution in [0.3, 0.4) is 0 Å². The first-order valence-electron chi connectivity index (χ1n) is 10.6. The van der Waals surface area contributed by atoms with E-state index in [2.05, 4.69) is 25.7 Å². The van der Waals surface area contributed by atoms with E-state index in [1.165, 1.54) is 30.4 Å². The molecule has 4 nitrogen and oxygen atoms in total. The molecule has 0 aliphatic heterocycles. The van der Waals surface area contributed by atoms with Gasteiger partial charge in [-0.25, -0.2) is 0 Å². The molecular formula is C23H34O4. The van der Waals surface area contributed by atoms with E-state index in [0.717, 1.165) is 32.1 Å². The molecule has 5 atom stereocenters. The van der Waals surface area contributed by atoms with Gasteiger partial charge in [-0.15, -0.1) is 0 Å². The monoisotopic (exact) mass is 374 g/mol. The van der Waals surface area contributed by atoms with Crippen LogP contribution in [0.15, 0.2) is 11.1 Å². The second-order valence-corrected chi connectivity index (χ2v) is 9.14. The highest BCUT2D eigenvalue weighted by molar-refractivity contribution is 5.67. The highest BCUT2D eigenvalue weighted by Crippen LogP contribution is 2.62. The normalized spacial score (nSPS) is 36.7. The molecule has 0 aromatic rings. The molecule has 0 amide bonds. The van der Waals surface area contributed by atoms with Gasteiger partial charge in [-0.1, -0.05) is 49.2 Å². The van der Waals surface area contributed by atoms with Gasteiger partial charge in [-0.2, -0.15) is 0 Å². The summed E-state index contributed by atoms with van der Waals surface area (Å²) in [5, 5.41) is 30.0. The van der Waals surface area contributed by atoms with Crippen LogP contribution in [0, 0.1) is 35.0 Å². The van der Waals surface area contributed by atoms with Crippen LogP contribution in [0.5, 0.6) is 0 Å². The van der Waals surface area contributed by atoms with Crippen LogP contribution in [0.2, 0.25) is 0 Å². The Balaban J connectivity index is 1.70. The molecule has 27 heavy (non-hydrogen) atoms. The van der Waals surface area contributed by atoms with Crippen molar-refractivity contribution in [1.82, 2.24) is 0 Å². The van der Waals surface area contributed by atoms with Gasteiger partial charge in [0.1, 0.15) is 6.10 Å². The summed E-state index contributed by atoms with van der Waals surface area (Å²) in [7, 11) is 0. The molecule has 3 saturated carbocycles. The summed E-state index contributed by atoms with van der Waals surface area (Å²) in [5.41, 5.74) is 2.60. The molecule has 3 aliphatic rings. The van der Waals surface area contributed by atoms with Crippen LogP contribution in [0.25, 0.3) is 0 Å². The van der Waals surface area contributed by atoms with Gasteiger partial charge < -0.3 is 15.3 Å². The highest BCUT2D eigenvalue weighted by Gasteiger charge is 2.55. The van der Waals surface area contributed by atoms with Crippen molar-refractivity contribution in [2.75, 3.05) is 0 Å². The van der Waals surface area contributed by atoms with Crippen LogP contribution >= 0.6 is 0 Å². The van der Waals surface area contributed by atoms with Crippen molar-refractivity contribution in [3.8, 4) is 11.8 Å². The summed E-state index contributed by atoms with van der Waals surface area (Å²) in [6.45, 7) is 4.30. The Bertz CT molecular complexity index is 649. The standard InChI is InChI=1S/C23H34O4/c1-15(8-11-22(26)27)18-14-19-17(21(25)12-13-23(18,19)2)9-10-20(24)16-6-4-3-5-7-16/h16-17,19-21,24-25H,3-8,11-14H2,1-2H3,(H,26,27)/t17-,19-,20?,21-,23-/m0/s1. The van der Waals surface area contributed by atoms with E-state index >= 15 is 0 Å². The lowest BCUT2D eigenvalue weighted by atomic mass is 9.47. The smallest absolute Gasteiger partial charge is 0.303 e. The average Bonchev–Trinajstić information content (AvgIpc) is 2.65. The molecule has 150 valence electrons. The number of hydrogen-bond donors (Lipinski definition) is 3. The first kappa shape index (κ1) is 20.4. The van der Waals surface area contributed by atoms with Crippen LogP contribution in [-0.4, -0.2) is 33.5 Å². The molecule has 4 heteroatoms. The second kappa shape index (κ2) is 8.37. The van der Waals surface area contributed by atoms with Crippen molar-refractivity contribution in [1.29, 1.82) is 0 Å². The van der Waals surface area contributed by atoms with Crippen LogP contribution < -0.4 is 0 Å². The topological polar surface area (TPSA) is 77.8 Å². The maximum absolute atomic E-state index is 10.9. The fourth-order valence-corrected chi connectivity index (χ4v) is 5.58. The Labute approximate surface area is 163 Å². The Morgan fingerprint density at radius 3 is 2.59 bits per heavy atom. The Kier molecular flexibility index (Phi) is 6.33. The molecule has 0 spiro atoms. The molecule has 0 aromatic carbocycles. The van der Waals surface area contributed by atoms with Gasteiger partial charge >= 0.3 is 5.97 Å². The quantitative estimate of drug-likeness (QED) is 0.515. The van der Waals surface area contributed by atoms with E-state index in [1.807, 2.05) is 0 Å². The number of aliphatic hydroxyl groups is 2. The lowest BCUT2D eigenvalue weighted by molar-refractivity contribution is -0.136. The third-order valence-electron chi connectivity index (χ3n) is 7.46. The number of aliphatic carboxylic acids is 1. The zero-order valence-corrected chi connectivity index (χ0v) is 16.7. The number of hydrogen-bond acceptors (Lipinski definition) is 3. The minimum atomic E-state index is -0.754. The summed E-state index contributed by atoms with van der Waals surface area (Å²) >= 11 is 0. The number of fused-ring (bicyclic) bond motifs is 1. The Morgan fingerprint density at radius 1 is 1.22 bits per heavy atom. The summed E-state index contributed by atoms with van der Waals surface area (Å²) in [6, 6.07) is 0. The van der Waals surface area contributed by atoms with Gasteiger partial charge in [0.15, 0.2) is 0 Å². The molecule has 0 aromatic heterocycles. The maximum Gasteiger partial charge on any atom is 0.303 e. The fraction of sp³-hybridized carbons (Fsp3) is 0.783. The number of carboxylic acid groups (broad SMARTS) is 1. The molecule has 1 unspecified atom stereocenters. The summed E-state index contributed by atoms with van der Waals surface area (Å²) in [6.07, 6.45) is 8.07. The zero-order chi connectivity index (χ0) is 19.6. The van der Waals surface area contributed by atoms with E-state index in [0.29, 0.717) is 12.3 Å². The molecule has 0 saturated heterocycles. The minimum Gasteiger partial charge on any atom is -0.481 e. The largest absolute Gasteiger partial charge is 0.481 e. The Hall–Kier alpha value is -1.31. The molecule has 0 heterocycles. The van der Waals surface area contributed by atoms with E-state index in [-0.39, 0.29) is 23.7 Å². The summed E-state index contributed by atoms with van der Waals surface area (Å²) in [5.74, 6) is 6.11. The molecule has 0 bridgehead atoms. The van der Waals surface area contributed by atoms with E-state index < -0.39 is 18.2 Å². The predicted molar refractivity (Wildman–Crippen MR) is 105 cm³/mol. The van der Waals surface area contributed by atoms with Gasteiger partial charge in [-0.05, 0) is 62.7 Å². The molecule has 3 rings (SSSR count). The lowest BCUT2D eigenvalue weighted by Gasteiger charge is -2.57. The first-order chi connectivity index (χ1) is 12.8. The molecule has 0 radical (unpaired) electrons. The summed E-state index contributed by atoms with van der Waals surface area (Å²) in [4.78, 5) is 10.9. The Morgan fingerprint density at radius 2 is 1.93 bits per heavy atom. The predicted octanol–water partition coefficient (Wildman–Crippen LogP) is 3.91. The van der Waals surface area contributed by atoms with Crippen LogP contribution in [-0.2, 0) is 4.79 Å². The fourth-order valence-electron chi connectivity index (χ4n) is 5.58. The molecular weight excluding hydrogens is 340 g/mol. The zero-order valence-electron chi connectivity index (χ0n) is 16.7. The van der Waals surface area contributed by atoms with Gasteiger partial charge in [0.2, 0.25) is 0 Å². The van der Waals surface area contributed by atoms with E-state index in [1.54, 1.807) is 0 Å². The number of allylic oxidation sites excluding steroid dienone is 2. The lowest BCUT2D eigenvalue weighted by Crippen LogP contribution is -2.52. The molecule has 3 N–H and O–H groups in total.